The summed E-state index contributed by atoms with van der Waals surface area (Å²) in [6.45, 7) is 25.4. The molecular formula is C24H56Mo2O6P2S6. The van der Waals surface area contributed by atoms with Crippen LogP contribution in [0.2, 0.25) is 0 Å². The molecule has 0 aromatic heterocycles. The van der Waals surface area contributed by atoms with Crippen LogP contribution in [0.3, 0.4) is 0 Å². The Balaban J connectivity index is -0.0000000742. The third-order valence-corrected chi connectivity index (χ3v) is 8.99. The van der Waals surface area contributed by atoms with Crippen LogP contribution in [0.25, 0.3) is 0 Å². The number of rotatable bonds is 16. The van der Waals surface area contributed by atoms with Crippen LogP contribution < -0.4 is 0 Å². The summed E-state index contributed by atoms with van der Waals surface area (Å²) >= 11 is 21.1. The summed E-state index contributed by atoms with van der Waals surface area (Å²) in [6.07, 6.45) is 4.23. The molecule has 16 heteroatoms. The molecule has 246 valence electrons. The van der Waals surface area contributed by atoms with Crippen molar-refractivity contribution in [2.45, 2.75) is 133 Å². The van der Waals surface area contributed by atoms with Crippen LogP contribution in [0.1, 0.15) is 109 Å². The molecule has 0 amide bonds. The first-order valence-electron chi connectivity index (χ1n) is 12.6. The molecule has 0 fully saturated rings. The van der Waals surface area contributed by atoms with E-state index < -0.39 is 11.4 Å². The molecule has 4 atom stereocenters. The Morgan fingerprint density at radius 2 is 0.575 bits per heavy atom. The molecule has 4 N–H and O–H groups in total. The molecule has 4 unspecified atom stereocenters. The molecule has 2 radical (unpaired) electrons. The molecule has 6 nitrogen and oxygen atoms in total. The van der Waals surface area contributed by atoms with Crippen LogP contribution >= 0.6 is 11.4 Å². The molecule has 0 spiro atoms. The first kappa shape index (κ1) is 62.6. The van der Waals surface area contributed by atoms with E-state index in [9.17, 15) is 0 Å². The van der Waals surface area contributed by atoms with E-state index in [4.69, 9.17) is 66.2 Å². The van der Waals surface area contributed by atoms with Crippen LogP contribution in [0.5, 0.6) is 0 Å². The molecule has 0 heterocycles. The van der Waals surface area contributed by atoms with E-state index in [0.717, 1.165) is 25.7 Å². The van der Waals surface area contributed by atoms with Gasteiger partial charge < -0.3 is 80.5 Å². The summed E-state index contributed by atoms with van der Waals surface area (Å²) in [7, 11) is 0. The molecular weight excluding hydrogens is 830 g/mol. The van der Waals surface area contributed by atoms with E-state index >= 15 is 0 Å². The van der Waals surface area contributed by atoms with Crippen LogP contribution in [0, 0.1) is 23.7 Å². The minimum absolute atomic E-state index is 0. The van der Waals surface area contributed by atoms with E-state index in [1.54, 1.807) is 0 Å². The van der Waals surface area contributed by atoms with E-state index in [0.29, 0.717) is 23.7 Å². The fourth-order valence-corrected chi connectivity index (χ4v) is 9.49. The van der Waals surface area contributed by atoms with Crippen molar-refractivity contribution in [3.05, 3.63) is 0 Å². The number of hydrogen-bond donors (Lipinski definition) is 0. The third kappa shape index (κ3) is 44.0. The van der Waals surface area contributed by atoms with Crippen LogP contribution in [0.4, 0.5) is 0 Å². The molecule has 0 aromatic rings. The molecule has 0 aliphatic carbocycles. The fraction of sp³-hybridized carbons (Fsp3) is 1.00. The summed E-state index contributed by atoms with van der Waals surface area (Å²) in [6, 6.07) is 0. The third-order valence-electron chi connectivity index (χ3n) is 4.45. The summed E-state index contributed by atoms with van der Waals surface area (Å²) in [4.78, 5) is 0. The predicted molar refractivity (Wildman–Crippen MR) is 185 cm³/mol. The van der Waals surface area contributed by atoms with E-state index in [1.807, 2.05) is 27.7 Å². The van der Waals surface area contributed by atoms with Crippen molar-refractivity contribution in [3.63, 3.8) is 0 Å². The topological polar surface area (TPSA) is 99.9 Å². The van der Waals surface area contributed by atoms with Gasteiger partial charge in [-0.3, -0.25) is 0 Å². The zero-order chi connectivity index (χ0) is 27.3. The van der Waals surface area contributed by atoms with Gasteiger partial charge in [0.05, 0.1) is 35.8 Å². The molecule has 0 aromatic carbocycles. The van der Waals surface area contributed by atoms with Crippen molar-refractivity contribution in [2.24, 2.45) is 23.7 Å². The summed E-state index contributed by atoms with van der Waals surface area (Å²) < 4.78 is 22.9. The SMILES string of the molecule is CC(C)CC(C)OP(=S)([S-])OC(C)CC(C)C.CC(C)CC(C)OP(=S)([S-])OC(C)CC(C)C.O.O.[Mo+3].[Mo+3].[S-2].[S-2]. The van der Waals surface area contributed by atoms with Gasteiger partial charge in [0.15, 0.2) is 0 Å². The maximum absolute atomic E-state index is 5.72. The van der Waals surface area contributed by atoms with Crippen molar-refractivity contribution >= 4 is 86.5 Å². The first-order valence-corrected chi connectivity index (χ1v) is 19.9. The van der Waals surface area contributed by atoms with Crippen molar-refractivity contribution in [1.29, 1.82) is 0 Å². The van der Waals surface area contributed by atoms with Gasteiger partial charge in [0.25, 0.3) is 0 Å². The van der Waals surface area contributed by atoms with Gasteiger partial charge in [0.1, 0.15) is 0 Å². The molecule has 0 aliphatic heterocycles. The first-order chi connectivity index (χ1) is 15.2. The Morgan fingerprint density at radius 1 is 0.450 bits per heavy atom. The zero-order valence-electron chi connectivity index (χ0n) is 26.2. The largest absolute Gasteiger partial charge is 3.00 e. The molecule has 0 bridgehead atoms. The van der Waals surface area contributed by atoms with Gasteiger partial charge in [0, 0.05) is 0 Å². The van der Waals surface area contributed by atoms with E-state index in [-0.39, 0.29) is 104 Å². The molecule has 0 aliphatic rings. The monoisotopic (exact) mass is 890 g/mol. The maximum atomic E-state index is 5.72. The van der Waals surface area contributed by atoms with Gasteiger partial charge in [-0.15, -0.1) is 0 Å². The normalized spacial score (nSPS) is 16.4. The second kappa shape index (κ2) is 32.8. The Kier molecular flexibility index (Phi) is 51.3. The Labute approximate surface area is 311 Å². The minimum atomic E-state index is -2.50. The van der Waals surface area contributed by atoms with Crippen LogP contribution in [-0.2, 0) is 135 Å². The molecule has 0 saturated carbocycles. The van der Waals surface area contributed by atoms with E-state index in [1.165, 1.54) is 0 Å². The Morgan fingerprint density at radius 3 is 0.675 bits per heavy atom. The van der Waals surface area contributed by atoms with Gasteiger partial charge >= 0.3 is 42.1 Å². The average molecular weight is 887 g/mol. The zero-order valence-corrected chi connectivity index (χ0v) is 36.9. The maximum Gasteiger partial charge on any atom is 3.00 e. The van der Waals surface area contributed by atoms with Gasteiger partial charge in [-0.25, -0.2) is 0 Å². The quantitative estimate of drug-likeness (QED) is 0.0886. The second-order valence-corrected chi connectivity index (χ2v) is 20.9. The van der Waals surface area contributed by atoms with Gasteiger partial charge in [-0.05, 0) is 77.0 Å². The smallest absolute Gasteiger partial charge is 2.00 e. The Bertz CT molecular complexity index is 545. The average Bonchev–Trinajstić information content (AvgIpc) is 2.48. The van der Waals surface area contributed by atoms with Gasteiger partial charge in [-0.1, -0.05) is 79.0 Å². The van der Waals surface area contributed by atoms with Gasteiger partial charge in [0.2, 0.25) is 0 Å². The number of hydrogen-bond acceptors (Lipinski definition) is 8. The standard InChI is InChI=1S/2C12H27O2PS2.2Mo.2H2O.2S/c2*1-9(2)7-11(5)13-15(16,17)14-12(6)8-10(3)4;;;;;;/h2*9-12H,7-8H2,1-6H3,(H,16,17);;;2*1H2;;/q;;2*+3;;;2*-2/p-2. The van der Waals surface area contributed by atoms with Crippen molar-refractivity contribution in [3.8, 4) is 0 Å². The van der Waals surface area contributed by atoms with Crippen molar-refractivity contribution in [1.82, 2.24) is 0 Å². The summed E-state index contributed by atoms with van der Waals surface area (Å²) in [5, 5.41) is 0. The van der Waals surface area contributed by atoms with Crippen LogP contribution in [-0.4, -0.2) is 35.4 Å². The minimum Gasteiger partial charge on any atom is -2.00 e. The predicted octanol–water partition coefficient (Wildman–Crippen LogP) is 7.66. The molecule has 0 rings (SSSR count). The van der Waals surface area contributed by atoms with Crippen molar-refractivity contribution in [2.75, 3.05) is 0 Å². The second-order valence-electron chi connectivity index (χ2n) is 11.1. The van der Waals surface area contributed by atoms with Crippen LogP contribution in [0.15, 0.2) is 0 Å². The Hall–Kier alpha value is 3.84. The summed E-state index contributed by atoms with van der Waals surface area (Å²) in [5.74, 6) is 2.34. The molecule has 0 saturated heterocycles. The summed E-state index contributed by atoms with van der Waals surface area (Å²) in [5.41, 5.74) is -5.00. The fourth-order valence-electron chi connectivity index (χ4n) is 3.76. The van der Waals surface area contributed by atoms with E-state index in [2.05, 4.69) is 55.4 Å². The molecule has 40 heavy (non-hydrogen) atoms. The van der Waals surface area contributed by atoms with Gasteiger partial charge in [-0.2, -0.15) is 0 Å². The van der Waals surface area contributed by atoms with Crippen molar-refractivity contribution < 1.29 is 71.2 Å².